The number of aromatic nitrogens is 5. The van der Waals surface area contributed by atoms with E-state index in [1.54, 1.807) is 6.21 Å². The average Bonchev–Trinajstić information content (AvgIpc) is 3.37. The lowest BCUT2D eigenvalue weighted by molar-refractivity contribution is 0.0945. The normalized spacial score (nSPS) is 17.0. The van der Waals surface area contributed by atoms with Gasteiger partial charge in [-0.1, -0.05) is 29.3 Å². The van der Waals surface area contributed by atoms with Crippen molar-refractivity contribution in [3.8, 4) is 5.82 Å². The first-order valence-corrected chi connectivity index (χ1v) is 11.0. The largest absolute Gasteiger partial charge is 0.378 e. The van der Waals surface area contributed by atoms with Crippen LogP contribution in [0.25, 0.3) is 5.82 Å². The van der Waals surface area contributed by atoms with Crippen LogP contribution in [-0.2, 0) is 6.54 Å². The molecule has 3 aromatic rings. The van der Waals surface area contributed by atoms with Crippen molar-refractivity contribution in [1.82, 2.24) is 35.6 Å². The zero-order valence-electron chi connectivity index (χ0n) is 19.4. The maximum atomic E-state index is 13.0. The molecule has 11 heteroatoms. The number of benzene rings is 1. The van der Waals surface area contributed by atoms with Crippen molar-refractivity contribution in [2.45, 2.75) is 59.5 Å². The number of likely N-dealkylation sites (tertiary alicyclic amines) is 1. The summed E-state index contributed by atoms with van der Waals surface area (Å²) in [5.74, 6) is -0.187. The lowest BCUT2D eigenvalue weighted by atomic mass is 10.0. The van der Waals surface area contributed by atoms with Crippen LogP contribution in [0.4, 0.5) is 5.82 Å². The number of anilines is 1. The van der Waals surface area contributed by atoms with Crippen molar-refractivity contribution >= 4 is 17.9 Å². The highest BCUT2D eigenvalue weighted by Crippen LogP contribution is 2.23. The van der Waals surface area contributed by atoms with E-state index in [0.717, 1.165) is 36.1 Å². The van der Waals surface area contributed by atoms with Gasteiger partial charge in [0, 0.05) is 18.2 Å². The Labute approximate surface area is 192 Å². The highest BCUT2D eigenvalue weighted by Gasteiger charge is 2.28. The summed E-state index contributed by atoms with van der Waals surface area (Å²) in [6.07, 6.45) is 5.03. The summed E-state index contributed by atoms with van der Waals surface area (Å²) in [6.45, 7) is 9.64. The molecular formula is C22H29N9O2. The first-order chi connectivity index (χ1) is 15.8. The van der Waals surface area contributed by atoms with E-state index in [2.05, 4.69) is 55.1 Å². The minimum atomic E-state index is -0.463. The van der Waals surface area contributed by atoms with Crippen LogP contribution in [0.15, 0.2) is 21.9 Å². The molecule has 4 rings (SSSR count). The van der Waals surface area contributed by atoms with Crippen molar-refractivity contribution in [2.24, 2.45) is 5.10 Å². The number of nitrogens with two attached hydrogens (primary N) is 1. The van der Waals surface area contributed by atoms with E-state index >= 15 is 0 Å². The number of aryl methyl sites for hydroxylation is 3. The molecule has 0 bridgehead atoms. The molecule has 2 aromatic heterocycles. The average molecular weight is 452 g/mol. The monoisotopic (exact) mass is 451 g/mol. The van der Waals surface area contributed by atoms with Crippen molar-refractivity contribution in [2.75, 3.05) is 12.3 Å². The first kappa shape index (κ1) is 22.6. The van der Waals surface area contributed by atoms with E-state index in [0.29, 0.717) is 18.3 Å². The van der Waals surface area contributed by atoms with Crippen molar-refractivity contribution in [1.29, 1.82) is 0 Å². The second kappa shape index (κ2) is 9.49. The highest BCUT2D eigenvalue weighted by atomic mass is 16.6. The summed E-state index contributed by atoms with van der Waals surface area (Å²) in [5.41, 5.74) is 13.5. The number of hydrogen-bond donors (Lipinski definition) is 2. The molecule has 0 aliphatic carbocycles. The van der Waals surface area contributed by atoms with Gasteiger partial charge in [0.25, 0.3) is 5.91 Å². The van der Waals surface area contributed by atoms with E-state index in [1.807, 2.05) is 20.8 Å². The summed E-state index contributed by atoms with van der Waals surface area (Å²) in [6, 6.07) is 4.53. The van der Waals surface area contributed by atoms with Gasteiger partial charge in [0.05, 0.1) is 11.9 Å². The number of nitrogen functional groups attached to an aromatic ring is 1. The number of nitrogens with zero attached hydrogens (tertiary/aromatic N) is 7. The van der Waals surface area contributed by atoms with Gasteiger partial charge in [-0.3, -0.25) is 9.69 Å². The van der Waals surface area contributed by atoms with Gasteiger partial charge in [0.1, 0.15) is 0 Å². The fraction of sp³-hybridized carbons (Fsp3) is 0.455. The molecule has 3 N–H and O–H groups in total. The van der Waals surface area contributed by atoms with Gasteiger partial charge < -0.3 is 5.73 Å². The maximum absolute atomic E-state index is 13.0. The number of amides is 1. The zero-order valence-corrected chi connectivity index (χ0v) is 19.4. The number of hydrazone groups is 1. The molecule has 0 spiro atoms. The predicted molar refractivity (Wildman–Crippen MR) is 123 cm³/mol. The fourth-order valence-corrected chi connectivity index (χ4v) is 4.32. The summed E-state index contributed by atoms with van der Waals surface area (Å²) < 4.78 is 6.15. The molecule has 0 radical (unpaired) electrons. The van der Waals surface area contributed by atoms with Crippen molar-refractivity contribution < 1.29 is 9.42 Å². The molecule has 0 unspecified atom stereocenters. The van der Waals surface area contributed by atoms with E-state index < -0.39 is 5.91 Å². The van der Waals surface area contributed by atoms with Gasteiger partial charge in [0.15, 0.2) is 5.69 Å². The molecule has 1 aliphatic rings. The standard InChI is InChI=1S/C22H29N9O2/c1-13-9-14(2)17(15(3)10-13)11-24-26-22(32)19-18(12-30-8-6-5-7-16(30)4)31(29-25-19)21-20(23)27-33-28-21/h9-11,16H,5-8,12H2,1-4H3,(H2,23,27)(H,26,32)/b24-11+/t16-/m0/s1. The molecule has 1 fully saturated rings. The Morgan fingerprint density at radius 1 is 1.27 bits per heavy atom. The Bertz CT molecular complexity index is 1160. The number of piperidine rings is 1. The molecule has 3 heterocycles. The summed E-state index contributed by atoms with van der Waals surface area (Å²) >= 11 is 0. The molecule has 1 atom stereocenters. The zero-order chi connectivity index (χ0) is 23.5. The van der Waals surface area contributed by atoms with Gasteiger partial charge in [0.2, 0.25) is 11.6 Å². The molecule has 0 saturated carbocycles. The number of carbonyl (C=O) groups is 1. The second-order valence-corrected chi connectivity index (χ2v) is 8.60. The van der Waals surface area contributed by atoms with Crippen molar-refractivity contribution in [3.63, 3.8) is 0 Å². The minimum Gasteiger partial charge on any atom is -0.378 e. The smallest absolute Gasteiger partial charge is 0.293 e. The predicted octanol–water partition coefficient (Wildman–Crippen LogP) is 2.30. The van der Waals surface area contributed by atoms with E-state index in [-0.39, 0.29) is 17.3 Å². The molecule has 11 nitrogen and oxygen atoms in total. The molecule has 174 valence electrons. The van der Waals surface area contributed by atoms with Crippen LogP contribution in [0.2, 0.25) is 0 Å². The van der Waals surface area contributed by atoms with Gasteiger partial charge in [-0.25, -0.2) is 10.1 Å². The lowest BCUT2D eigenvalue weighted by Crippen LogP contribution is -2.38. The highest BCUT2D eigenvalue weighted by molar-refractivity contribution is 5.94. The van der Waals surface area contributed by atoms with Gasteiger partial charge in [-0.05, 0) is 68.5 Å². The maximum Gasteiger partial charge on any atom is 0.293 e. The Kier molecular flexibility index (Phi) is 6.50. The molecule has 33 heavy (non-hydrogen) atoms. The molecule has 1 aliphatic heterocycles. The van der Waals surface area contributed by atoms with E-state index in [1.165, 1.54) is 16.7 Å². The van der Waals surface area contributed by atoms with Gasteiger partial charge in [-0.15, -0.1) is 5.10 Å². The summed E-state index contributed by atoms with van der Waals surface area (Å²) in [7, 11) is 0. The van der Waals surface area contributed by atoms with Crippen LogP contribution in [0.1, 0.15) is 64.6 Å². The quantitative estimate of drug-likeness (QED) is 0.430. The van der Waals surface area contributed by atoms with Crippen LogP contribution in [0.5, 0.6) is 0 Å². The molecule has 1 saturated heterocycles. The van der Waals surface area contributed by atoms with Crippen LogP contribution in [0, 0.1) is 20.8 Å². The molecular weight excluding hydrogens is 422 g/mol. The fourth-order valence-electron chi connectivity index (χ4n) is 4.32. The summed E-state index contributed by atoms with van der Waals surface area (Å²) in [5, 5.41) is 19.9. The molecule has 1 aromatic carbocycles. The Hall–Kier alpha value is -3.60. The molecule has 1 amide bonds. The summed E-state index contributed by atoms with van der Waals surface area (Å²) in [4.78, 5) is 15.3. The first-order valence-electron chi connectivity index (χ1n) is 11.0. The van der Waals surface area contributed by atoms with Crippen LogP contribution < -0.4 is 11.2 Å². The number of nitrogens with one attached hydrogen (secondary N) is 1. The van der Waals surface area contributed by atoms with Crippen LogP contribution in [-0.4, -0.2) is 54.9 Å². The third-order valence-electron chi connectivity index (χ3n) is 6.07. The van der Waals surface area contributed by atoms with Gasteiger partial charge >= 0.3 is 0 Å². The number of hydrogen-bond acceptors (Lipinski definition) is 9. The third kappa shape index (κ3) is 4.77. The van der Waals surface area contributed by atoms with Crippen molar-refractivity contribution in [3.05, 3.63) is 45.8 Å². The van der Waals surface area contributed by atoms with Crippen LogP contribution >= 0.6 is 0 Å². The third-order valence-corrected chi connectivity index (χ3v) is 6.07. The lowest BCUT2D eigenvalue weighted by Gasteiger charge is -2.33. The Morgan fingerprint density at radius 2 is 2.03 bits per heavy atom. The number of carbonyl (C=O) groups excluding carboxylic acids is 1. The second-order valence-electron chi connectivity index (χ2n) is 8.60. The SMILES string of the molecule is Cc1cc(C)c(/C=N/NC(=O)c2nnn(-c3nonc3N)c2CN2CCCC[C@@H]2C)c(C)c1. The van der Waals surface area contributed by atoms with E-state index in [4.69, 9.17) is 10.4 Å². The number of rotatable bonds is 6. The van der Waals surface area contributed by atoms with Crippen LogP contribution in [0.3, 0.4) is 0 Å². The minimum absolute atomic E-state index is 0.0724. The topological polar surface area (TPSA) is 140 Å². The van der Waals surface area contributed by atoms with E-state index in [9.17, 15) is 4.79 Å². The van der Waals surface area contributed by atoms with Gasteiger partial charge in [-0.2, -0.15) is 9.78 Å². The Morgan fingerprint density at radius 3 is 2.70 bits per heavy atom. The Balaban J connectivity index is 1.60.